The van der Waals surface area contributed by atoms with Crippen LogP contribution in [0.3, 0.4) is 0 Å². The van der Waals surface area contributed by atoms with Gasteiger partial charge in [-0.05, 0) is 6.92 Å². The Hall–Kier alpha value is -1.82. The van der Waals surface area contributed by atoms with Gasteiger partial charge in [-0.2, -0.15) is 0 Å². The predicted molar refractivity (Wildman–Crippen MR) is 72.5 cm³/mol. The minimum atomic E-state index is -4.25. The number of hydrogen-bond donors (Lipinski definition) is 3. The summed E-state index contributed by atoms with van der Waals surface area (Å²) in [6, 6.07) is 1.34. The minimum Gasteiger partial charge on any atom is -0.380 e. The Morgan fingerprint density at radius 1 is 1.52 bits per heavy atom. The molecule has 0 fully saturated rings. The maximum Gasteiger partial charge on any atom is 0.274 e. The monoisotopic (exact) mass is 322 g/mol. The summed E-state index contributed by atoms with van der Waals surface area (Å²) in [5.41, 5.74) is 0.907. The molecule has 4 N–H and O–H groups in total. The zero-order valence-electron chi connectivity index (χ0n) is 11.3. The van der Waals surface area contributed by atoms with E-state index in [4.69, 9.17) is 10.6 Å². The Balaban J connectivity index is 3.25. The van der Waals surface area contributed by atoms with Gasteiger partial charge in [0.25, 0.3) is 5.69 Å². The van der Waals surface area contributed by atoms with Crippen LogP contribution in [0.15, 0.2) is 17.0 Å². The van der Waals surface area contributed by atoms with Crippen LogP contribution in [0.4, 0.5) is 15.8 Å². The number of nitrogens with one attached hydrogen (secondary N) is 2. The van der Waals surface area contributed by atoms with Gasteiger partial charge in [0.05, 0.1) is 22.8 Å². The molecule has 11 heteroatoms. The van der Waals surface area contributed by atoms with Crippen LogP contribution in [-0.2, 0) is 14.8 Å². The number of anilines is 1. The number of methoxy groups -OCH3 is 1. The lowest BCUT2D eigenvalue weighted by Gasteiger charge is -2.14. The van der Waals surface area contributed by atoms with Crippen molar-refractivity contribution in [3.8, 4) is 0 Å². The first kappa shape index (κ1) is 17.2. The molecule has 0 saturated carbocycles. The number of halogens is 1. The second kappa shape index (κ2) is 6.76. The molecule has 1 aromatic carbocycles. The summed E-state index contributed by atoms with van der Waals surface area (Å²) in [5.74, 6) is 3.83. The number of ether oxygens (including phenoxy) is 1. The van der Waals surface area contributed by atoms with Crippen LogP contribution in [0.1, 0.15) is 6.92 Å². The van der Waals surface area contributed by atoms with Gasteiger partial charge in [-0.3, -0.25) is 16.0 Å². The molecule has 1 atom stereocenters. The summed E-state index contributed by atoms with van der Waals surface area (Å²) in [6.07, 6.45) is -0.435. The van der Waals surface area contributed by atoms with Gasteiger partial charge in [0.15, 0.2) is 5.82 Å². The van der Waals surface area contributed by atoms with Crippen molar-refractivity contribution < 1.29 is 22.5 Å². The molecule has 0 saturated heterocycles. The van der Waals surface area contributed by atoms with Crippen molar-refractivity contribution in [1.82, 2.24) is 4.72 Å². The third kappa shape index (κ3) is 4.07. The molecule has 1 aromatic rings. The molecule has 0 aliphatic rings. The van der Waals surface area contributed by atoms with Crippen molar-refractivity contribution in [1.29, 1.82) is 0 Å². The smallest absolute Gasteiger partial charge is 0.274 e. The van der Waals surface area contributed by atoms with Crippen molar-refractivity contribution in [2.75, 3.05) is 19.1 Å². The lowest BCUT2D eigenvalue weighted by atomic mass is 10.3. The van der Waals surface area contributed by atoms with E-state index in [9.17, 15) is 22.9 Å². The molecule has 0 heterocycles. The fourth-order valence-corrected chi connectivity index (χ4v) is 2.77. The average Bonchev–Trinajstić information content (AvgIpc) is 2.43. The van der Waals surface area contributed by atoms with Crippen molar-refractivity contribution in [3.05, 3.63) is 28.1 Å². The van der Waals surface area contributed by atoms with Gasteiger partial charge in [-0.25, -0.2) is 17.5 Å². The van der Waals surface area contributed by atoms with E-state index in [0.29, 0.717) is 6.07 Å². The molecule has 0 bridgehead atoms. The Morgan fingerprint density at radius 2 is 2.14 bits per heavy atom. The van der Waals surface area contributed by atoms with E-state index in [1.54, 1.807) is 6.92 Å². The van der Waals surface area contributed by atoms with Crippen LogP contribution < -0.4 is 16.0 Å². The first-order chi connectivity index (χ1) is 9.72. The molecule has 21 heavy (non-hydrogen) atoms. The molecule has 0 aliphatic carbocycles. The molecule has 1 rings (SSSR count). The number of hydrogen-bond acceptors (Lipinski definition) is 7. The minimum absolute atomic E-state index is 0.0979. The van der Waals surface area contributed by atoms with Crippen LogP contribution in [0, 0.1) is 15.9 Å². The van der Waals surface area contributed by atoms with E-state index in [1.807, 2.05) is 5.43 Å². The molecule has 1 unspecified atom stereocenters. The summed E-state index contributed by atoms with van der Waals surface area (Å²) >= 11 is 0. The highest BCUT2D eigenvalue weighted by Gasteiger charge is 2.27. The van der Waals surface area contributed by atoms with Crippen molar-refractivity contribution in [3.63, 3.8) is 0 Å². The Labute approximate surface area is 120 Å². The molecule has 0 spiro atoms. The third-order valence-electron chi connectivity index (χ3n) is 2.63. The number of sulfonamides is 1. The van der Waals surface area contributed by atoms with Crippen molar-refractivity contribution >= 4 is 21.4 Å². The largest absolute Gasteiger partial charge is 0.380 e. The van der Waals surface area contributed by atoms with E-state index in [2.05, 4.69) is 4.72 Å². The summed E-state index contributed by atoms with van der Waals surface area (Å²) in [4.78, 5) is 8.97. The molecular formula is C10H15FN4O5S. The summed E-state index contributed by atoms with van der Waals surface area (Å²) < 4.78 is 45.0. The molecule has 0 aromatic heterocycles. The standard InChI is InChI=1S/C10H15FN4O5S/c1-6(20-2)5-13-21(18,19)10-8(11)3-7(15(16)17)4-9(10)14-12/h3-4,6,13-14H,5,12H2,1-2H3. The van der Waals surface area contributed by atoms with Gasteiger partial charge < -0.3 is 10.2 Å². The van der Waals surface area contributed by atoms with E-state index in [-0.39, 0.29) is 6.54 Å². The first-order valence-electron chi connectivity index (χ1n) is 5.70. The quantitative estimate of drug-likeness (QED) is 0.374. The van der Waals surface area contributed by atoms with Crippen molar-refractivity contribution in [2.45, 2.75) is 17.9 Å². The van der Waals surface area contributed by atoms with E-state index in [0.717, 1.165) is 6.07 Å². The van der Waals surface area contributed by atoms with E-state index < -0.39 is 43.1 Å². The third-order valence-corrected chi connectivity index (χ3v) is 4.13. The van der Waals surface area contributed by atoms with Crippen LogP contribution in [-0.4, -0.2) is 33.1 Å². The fraction of sp³-hybridized carbons (Fsp3) is 0.400. The molecule has 118 valence electrons. The van der Waals surface area contributed by atoms with Gasteiger partial charge in [-0.15, -0.1) is 0 Å². The van der Waals surface area contributed by atoms with Gasteiger partial charge in [0, 0.05) is 19.7 Å². The molecule has 0 radical (unpaired) electrons. The van der Waals surface area contributed by atoms with E-state index >= 15 is 0 Å². The predicted octanol–water partition coefficient (Wildman–Crippen LogP) is 0.333. The second-order valence-electron chi connectivity index (χ2n) is 4.10. The Morgan fingerprint density at radius 3 is 2.62 bits per heavy atom. The van der Waals surface area contributed by atoms with Crippen molar-refractivity contribution in [2.24, 2.45) is 5.84 Å². The summed E-state index contributed by atoms with van der Waals surface area (Å²) in [6.45, 7) is 1.51. The number of nitrogen functional groups attached to an aromatic ring is 1. The van der Waals surface area contributed by atoms with Crippen LogP contribution in [0.25, 0.3) is 0 Å². The normalized spacial score (nSPS) is 13.0. The molecule has 0 amide bonds. The van der Waals surface area contributed by atoms with Gasteiger partial charge in [0.1, 0.15) is 4.90 Å². The van der Waals surface area contributed by atoms with Crippen LogP contribution >= 0.6 is 0 Å². The maximum atomic E-state index is 13.9. The lowest BCUT2D eigenvalue weighted by Crippen LogP contribution is -2.33. The van der Waals surface area contributed by atoms with E-state index in [1.165, 1.54) is 7.11 Å². The second-order valence-corrected chi connectivity index (χ2v) is 5.81. The summed E-state index contributed by atoms with van der Waals surface area (Å²) in [7, 11) is -2.86. The average molecular weight is 322 g/mol. The number of hydrazine groups is 1. The van der Waals surface area contributed by atoms with Crippen LogP contribution in [0.2, 0.25) is 0 Å². The first-order valence-corrected chi connectivity index (χ1v) is 7.18. The SMILES string of the molecule is COC(C)CNS(=O)(=O)c1c(F)cc([N+](=O)[O-])cc1NN. The molecular weight excluding hydrogens is 307 g/mol. The Kier molecular flexibility index (Phi) is 5.54. The highest BCUT2D eigenvalue weighted by molar-refractivity contribution is 7.89. The summed E-state index contributed by atoms with van der Waals surface area (Å²) in [5, 5.41) is 10.6. The Bertz CT molecular complexity index is 637. The maximum absolute atomic E-state index is 13.9. The van der Waals surface area contributed by atoms with Gasteiger partial charge in [0.2, 0.25) is 10.0 Å². The van der Waals surface area contributed by atoms with Crippen LogP contribution in [0.5, 0.6) is 0 Å². The highest BCUT2D eigenvalue weighted by Crippen LogP contribution is 2.29. The fourth-order valence-electron chi connectivity index (χ4n) is 1.45. The number of nitrogens with zero attached hydrogens (tertiary/aromatic N) is 1. The number of rotatable bonds is 7. The number of nitrogens with two attached hydrogens (primary N) is 1. The molecule has 0 aliphatic heterocycles. The van der Waals surface area contributed by atoms with Gasteiger partial charge >= 0.3 is 0 Å². The number of nitro benzene ring substituents is 1. The number of non-ortho nitro benzene ring substituents is 1. The zero-order valence-corrected chi connectivity index (χ0v) is 12.1. The topological polar surface area (TPSA) is 137 Å². The lowest BCUT2D eigenvalue weighted by molar-refractivity contribution is -0.385. The molecule has 9 nitrogen and oxygen atoms in total. The zero-order chi connectivity index (χ0) is 16.2. The number of benzene rings is 1. The number of nitro groups is 1. The van der Waals surface area contributed by atoms with Gasteiger partial charge in [-0.1, -0.05) is 0 Å². The highest BCUT2D eigenvalue weighted by atomic mass is 32.2.